The molecule has 2 aromatic carbocycles. The van der Waals surface area contributed by atoms with Crippen LogP contribution in [-0.4, -0.2) is 26.2 Å². The summed E-state index contributed by atoms with van der Waals surface area (Å²) in [4.78, 5) is 12.2. The Morgan fingerprint density at radius 3 is 2.17 bits per heavy atom. The first kappa shape index (κ1) is 16.7. The first-order valence-electron chi connectivity index (χ1n) is 7.35. The monoisotopic (exact) mass is 315 g/mol. The highest BCUT2D eigenvalue weighted by Gasteiger charge is 2.16. The number of rotatable bonds is 7. The molecule has 1 N–H and O–H groups in total. The van der Waals surface area contributed by atoms with E-state index in [-0.39, 0.29) is 5.91 Å². The van der Waals surface area contributed by atoms with E-state index in [1.54, 1.807) is 33.3 Å². The van der Waals surface area contributed by atoms with Crippen molar-refractivity contribution in [2.45, 2.75) is 19.6 Å². The van der Waals surface area contributed by atoms with Crippen molar-refractivity contribution in [3.63, 3.8) is 0 Å². The summed E-state index contributed by atoms with van der Waals surface area (Å²) in [5.74, 6) is 1.67. The van der Waals surface area contributed by atoms with Crippen molar-refractivity contribution >= 4 is 5.91 Å². The fraction of sp³-hybridized carbons (Fsp3) is 0.278. The number of hydrogen-bond donors (Lipinski definition) is 1. The molecule has 5 heteroatoms. The summed E-state index contributed by atoms with van der Waals surface area (Å²) in [6.07, 6.45) is -0.638. The van der Waals surface area contributed by atoms with E-state index in [0.29, 0.717) is 18.0 Å². The summed E-state index contributed by atoms with van der Waals surface area (Å²) in [7, 11) is 3.17. The Hall–Kier alpha value is -2.69. The van der Waals surface area contributed by atoms with Crippen LogP contribution in [0.4, 0.5) is 0 Å². The first-order valence-corrected chi connectivity index (χ1v) is 7.35. The molecule has 0 heterocycles. The van der Waals surface area contributed by atoms with Gasteiger partial charge in [0, 0.05) is 12.1 Å². The Morgan fingerprint density at radius 1 is 0.957 bits per heavy atom. The number of benzene rings is 2. The summed E-state index contributed by atoms with van der Waals surface area (Å²) in [5, 5.41) is 2.85. The molecule has 0 spiro atoms. The lowest BCUT2D eigenvalue weighted by Crippen LogP contribution is -2.36. The molecule has 122 valence electrons. The van der Waals surface area contributed by atoms with Crippen LogP contribution >= 0.6 is 0 Å². The molecule has 5 nitrogen and oxygen atoms in total. The lowest BCUT2D eigenvalue weighted by molar-refractivity contribution is -0.127. The van der Waals surface area contributed by atoms with Crippen LogP contribution in [0, 0.1) is 0 Å². The van der Waals surface area contributed by atoms with Gasteiger partial charge in [-0.1, -0.05) is 30.3 Å². The number of para-hydroxylation sites is 3. The largest absolute Gasteiger partial charge is 0.496 e. The summed E-state index contributed by atoms with van der Waals surface area (Å²) >= 11 is 0. The number of carbonyl (C=O) groups excluding carboxylic acids is 1. The van der Waals surface area contributed by atoms with Crippen molar-refractivity contribution in [2.24, 2.45) is 0 Å². The van der Waals surface area contributed by atoms with Crippen molar-refractivity contribution in [1.29, 1.82) is 0 Å². The van der Waals surface area contributed by atoms with E-state index < -0.39 is 6.10 Å². The maximum absolute atomic E-state index is 12.2. The lowest BCUT2D eigenvalue weighted by Gasteiger charge is -2.17. The minimum Gasteiger partial charge on any atom is -0.496 e. The molecule has 0 bridgehead atoms. The van der Waals surface area contributed by atoms with E-state index in [1.165, 1.54) is 0 Å². The van der Waals surface area contributed by atoms with Gasteiger partial charge in [-0.2, -0.15) is 0 Å². The molecule has 0 radical (unpaired) electrons. The fourth-order valence-electron chi connectivity index (χ4n) is 2.14. The first-order chi connectivity index (χ1) is 11.2. The van der Waals surface area contributed by atoms with Gasteiger partial charge in [-0.3, -0.25) is 4.79 Å². The van der Waals surface area contributed by atoms with Crippen molar-refractivity contribution < 1.29 is 19.0 Å². The van der Waals surface area contributed by atoms with Crippen LogP contribution in [0.15, 0.2) is 48.5 Å². The minimum absolute atomic E-state index is 0.207. The topological polar surface area (TPSA) is 56.8 Å². The van der Waals surface area contributed by atoms with Gasteiger partial charge >= 0.3 is 0 Å². The minimum atomic E-state index is -0.638. The number of ether oxygens (including phenoxy) is 3. The highest BCUT2D eigenvalue weighted by atomic mass is 16.5. The smallest absolute Gasteiger partial charge is 0.261 e. The van der Waals surface area contributed by atoms with Gasteiger partial charge in [0.25, 0.3) is 5.91 Å². The Bertz CT molecular complexity index is 657. The van der Waals surface area contributed by atoms with E-state index in [2.05, 4.69) is 5.32 Å². The van der Waals surface area contributed by atoms with Gasteiger partial charge in [-0.25, -0.2) is 0 Å². The van der Waals surface area contributed by atoms with Crippen LogP contribution in [0.1, 0.15) is 12.5 Å². The Kier molecular flexibility index (Phi) is 5.86. The Morgan fingerprint density at radius 2 is 1.52 bits per heavy atom. The Labute approximate surface area is 136 Å². The third-order valence-corrected chi connectivity index (χ3v) is 3.39. The van der Waals surface area contributed by atoms with Crippen LogP contribution in [0.3, 0.4) is 0 Å². The summed E-state index contributed by atoms with van der Waals surface area (Å²) < 4.78 is 16.2. The third-order valence-electron chi connectivity index (χ3n) is 3.39. The average molecular weight is 315 g/mol. The molecule has 23 heavy (non-hydrogen) atoms. The molecular formula is C18H21NO4. The Balaban J connectivity index is 1.95. The fourth-order valence-corrected chi connectivity index (χ4v) is 2.14. The molecule has 2 rings (SSSR count). The van der Waals surface area contributed by atoms with E-state index in [0.717, 1.165) is 11.3 Å². The molecule has 0 saturated carbocycles. The second-order valence-corrected chi connectivity index (χ2v) is 4.94. The van der Waals surface area contributed by atoms with Gasteiger partial charge in [0.1, 0.15) is 5.75 Å². The standard InChI is InChI=1S/C18H21NO4/c1-13(23-17-11-7-6-10-16(17)22-3)18(20)19-12-14-8-4-5-9-15(14)21-2/h4-11,13H,12H2,1-3H3,(H,19,20)/t13-/m0/s1. The highest BCUT2D eigenvalue weighted by Crippen LogP contribution is 2.26. The molecule has 0 aromatic heterocycles. The van der Waals surface area contributed by atoms with Crippen LogP contribution in [0.5, 0.6) is 17.2 Å². The zero-order chi connectivity index (χ0) is 16.7. The second-order valence-electron chi connectivity index (χ2n) is 4.94. The molecule has 1 atom stereocenters. The molecule has 0 unspecified atom stereocenters. The van der Waals surface area contributed by atoms with Crippen molar-refractivity contribution in [3.05, 3.63) is 54.1 Å². The molecule has 0 aliphatic carbocycles. The molecule has 0 aliphatic heterocycles. The van der Waals surface area contributed by atoms with Crippen molar-refractivity contribution in [3.8, 4) is 17.2 Å². The number of nitrogens with one attached hydrogen (secondary N) is 1. The third kappa shape index (κ3) is 4.39. The number of methoxy groups -OCH3 is 2. The predicted molar refractivity (Wildman–Crippen MR) is 87.9 cm³/mol. The highest BCUT2D eigenvalue weighted by molar-refractivity contribution is 5.80. The normalized spacial score (nSPS) is 11.4. The quantitative estimate of drug-likeness (QED) is 0.853. The van der Waals surface area contributed by atoms with Gasteiger partial charge in [-0.15, -0.1) is 0 Å². The average Bonchev–Trinajstić information content (AvgIpc) is 2.60. The zero-order valence-electron chi connectivity index (χ0n) is 13.5. The van der Waals surface area contributed by atoms with Crippen LogP contribution in [0.2, 0.25) is 0 Å². The molecule has 0 saturated heterocycles. The van der Waals surface area contributed by atoms with E-state index >= 15 is 0 Å². The zero-order valence-corrected chi connectivity index (χ0v) is 13.5. The summed E-state index contributed by atoms with van der Waals surface area (Å²) in [5.41, 5.74) is 0.910. The second kappa shape index (κ2) is 8.08. The van der Waals surface area contributed by atoms with Gasteiger partial charge in [0.2, 0.25) is 0 Å². The van der Waals surface area contributed by atoms with Gasteiger partial charge in [0.15, 0.2) is 17.6 Å². The van der Waals surface area contributed by atoms with Gasteiger partial charge in [-0.05, 0) is 25.1 Å². The number of carbonyl (C=O) groups is 1. The molecule has 1 amide bonds. The van der Waals surface area contributed by atoms with E-state index in [1.807, 2.05) is 36.4 Å². The van der Waals surface area contributed by atoms with Crippen LogP contribution in [-0.2, 0) is 11.3 Å². The molecular weight excluding hydrogens is 294 g/mol. The summed E-state index contributed by atoms with van der Waals surface area (Å²) in [6, 6.07) is 14.8. The SMILES string of the molecule is COc1ccccc1CNC(=O)[C@H](C)Oc1ccccc1OC. The van der Waals surface area contributed by atoms with E-state index in [4.69, 9.17) is 14.2 Å². The molecule has 2 aromatic rings. The van der Waals surface area contributed by atoms with Crippen molar-refractivity contribution in [2.75, 3.05) is 14.2 Å². The number of amides is 1. The lowest BCUT2D eigenvalue weighted by atomic mass is 10.2. The van der Waals surface area contributed by atoms with Crippen LogP contribution in [0.25, 0.3) is 0 Å². The van der Waals surface area contributed by atoms with Crippen molar-refractivity contribution in [1.82, 2.24) is 5.32 Å². The predicted octanol–water partition coefficient (Wildman–Crippen LogP) is 2.79. The van der Waals surface area contributed by atoms with Crippen LogP contribution < -0.4 is 19.5 Å². The molecule has 0 fully saturated rings. The maximum Gasteiger partial charge on any atom is 0.261 e. The van der Waals surface area contributed by atoms with Gasteiger partial charge in [0.05, 0.1) is 14.2 Å². The summed E-state index contributed by atoms with van der Waals surface area (Å²) in [6.45, 7) is 2.08. The van der Waals surface area contributed by atoms with E-state index in [9.17, 15) is 4.79 Å². The maximum atomic E-state index is 12.2. The van der Waals surface area contributed by atoms with Gasteiger partial charge < -0.3 is 19.5 Å². The number of hydrogen-bond acceptors (Lipinski definition) is 4. The molecule has 0 aliphatic rings.